The predicted octanol–water partition coefficient (Wildman–Crippen LogP) is 3.03. The van der Waals surface area contributed by atoms with E-state index in [-0.39, 0.29) is 17.3 Å². The summed E-state index contributed by atoms with van der Waals surface area (Å²) in [6, 6.07) is 17.1. The third kappa shape index (κ3) is 4.10. The van der Waals surface area contributed by atoms with Gasteiger partial charge >= 0.3 is 0 Å². The number of anilines is 1. The number of aromatic nitrogens is 2. The third-order valence-corrected chi connectivity index (χ3v) is 5.31. The van der Waals surface area contributed by atoms with E-state index in [1.54, 1.807) is 30.0 Å². The van der Waals surface area contributed by atoms with Crippen molar-refractivity contribution in [3.8, 4) is 5.69 Å². The Hall–Kier alpha value is -3.48. The molecule has 0 saturated carbocycles. The number of aryl methyl sites for hydroxylation is 1. The number of rotatable bonds is 3. The maximum Gasteiger partial charge on any atom is 0.271 e. The molecule has 7 heteroatoms. The van der Waals surface area contributed by atoms with Crippen molar-refractivity contribution in [2.45, 2.75) is 13.3 Å². The molecule has 1 aromatic heterocycles. The minimum Gasteiger partial charge on any atom is -0.353 e. The highest BCUT2D eigenvalue weighted by Crippen LogP contribution is 2.16. The fourth-order valence-electron chi connectivity index (χ4n) is 3.58. The van der Waals surface area contributed by atoms with Crippen LogP contribution >= 0.6 is 0 Å². The lowest BCUT2D eigenvalue weighted by Gasteiger charge is -2.23. The molecule has 2 aromatic carbocycles. The Kier molecular flexibility index (Phi) is 5.61. The molecule has 1 fully saturated rings. The molecule has 0 unspecified atom stereocenters. The van der Waals surface area contributed by atoms with Crippen molar-refractivity contribution < 1.29 is 9.18 Å². The van der Waals surface area contributed by atoms with Crippen molar-refractivity contribution in [3.63, 3.8) is 0 Å². The molecule has 1 amide bonds. The highest BCUT2D eigenvalue weighted by Gasteiger charge is 2.22. The highest BCUT2D eigenvalue weighted by atomic mass is 19.1. The van der Waals surface area contributed by atoms with E-state index in [0.717, 1.165) is 6.42 Å². The summed E-state index contributed by atoms with van der Waals surface area (Å²) in [5.74, 6) is 0.150. The lowest BCUT2D eigenvalue weighted by molar-refractivity contribution is 0.0766. The Labute approximate surface area is 174 Å². The number of nitrogens with zero attached hydrogens (tertiary/aromatic N) is 4. The smallest absolute Gasteiger partial charge is 0.271 e. The Balaban J connectivity index is 1.51. The van der Waals surface area contributed by atoms with Crippen molar-refractivity contribution in [2.24, 2.45) is 0 Å². The molecule has 0 N–H and O–H groups in total. The minimum absolute atomic E-state index is 0.169. The molecular weight excluding hydrogens is 383 g/mol. The number of halogens is 1. The van der Waals surface area contributed by atoms with Crippen LogP contribution < -0.4 is 10.5 Å². The van der Waals surface area contributed by atoms with Crippen LogP contribution in [-0.2, 0) is 0 Å². The summed E-state index contributed by atoms with van der Waals surface area (Å²) >= 11 is 0. The summed E-state index contributed by atoms with van der Waals surface area (Å²) in [6.45, 7) is 4.06. The van der Waals surface area contributed by atoms with Crippen molar-refractivity contribution in [2.75, 3.05) is 31.1 Å². The summed E-state index contributed by atoms with van der Waals surface area (Å²) in [7, 11) is 0. The van der Waals surface area contributed by atoms with E-state index in [4.69, 9.17) is 0 Å². The summed E-state index contributed by atoms with van der Waals surface area (Å²) in [5.41, 5.74) is 1.39. The Morgan fingerprint density at radius 2 is 1.77 bits per heavy atom. The number of hydrogen-bond donors (Lipinski definition) is 0. The second-order valence-electron chi connectivity index (χ2n) is 7.37. The second-order valence-corrected chi connectivity index (χ2v) is 7.37. The molecule has 0 spiro atoms. The van der Waals surface area contributed by atoms with Gasteiger partial charge in [0.25, 0.3) is 11.5 Å². The molecule has 6 nitrogen and oxygen atoms in total. The topological polar surface area (TPSA) is 58.4 Å². The van der Waals surface area contributed by atoms with Gasteiger partial charge in [-0.1, -0.05) is 24.3 Å². The zero-order chi connectivity index (χ0) is 21.1. The monoisotopic (exact) mass is 406 g/mol. The minimum atomic E-state index is -0.371. The quantitative estimate of drug-likeness (QED) is 0.671. The average molecular weight is 406 g/mol. The largest absolute Gasteiger partial charge is 0.353 e. The van der Waals surface area contributed by atoms with Gasteiger partial charge in [-0.2, -0.15) is 4.68 Å². The SMILES string of the molecule is Cc1ccc(C(=O)N2CCCN(c3ccc(=O)n(-c4ccccc4)n3)CC2)cc1F. The Morgan fingerprint density at radius 3 is 2.53 bits per heavy atom. The number of carbonyl (C=O) groups is 1. The van der Waals surface area contributed by atoms with Gasteiger partial charge in [0.1, 0.15) is 11.6 Å². The lowest BCUT2D eigenvalue weighted by atomic mass is 10.1. The first-order valence-electron chi connectivity index (χ1n) is 9.99. The summed E-state index contributed by atoms with van der Waals surface area (Å²) in [5, 5.41) is 4.53. The standard InChI is InChI=1S/C23H23FN4O2/c1-17-8-9-18(16-20(17)24)23(30)27-13-5-12-26(14-15-27)21-10-11-22(29)28(25-21)19-6-3-2-4-7-19/h2-4,6-11,16H,5,12-15H2,1H3. The van der Waals surface area contributed by atoms with E-state index in [1.807, 2.05) is 30.3 Å². The first-order valence-corrected chi connectivity index (χ1v) is 9.99. The van der Waals surface area contributed by atoms with E-state index in [9.17, 15) is 14.0 Å². The van der Waals surface area contributed by atoms with Crippen molar-refractivity contribution in [3.05, 3.63) is 88.0 Å². The summed E-state index contributed by atoms with van der Waals surface area (Å²) in [4.78, 5) is 28.9. The number of hydrogen-bond acceptors (Lipinski definition) is 4. The first kappa shape index (κ1) is 19.8. The third-order valence-electron chi connectivity index (χ3n) is 5.31. The van der Waals surface area contributed by atoms with E-state index < -0.39 is 0 Å². The highest BCUT2D eigenvalue weighted by molar-refractivity contribution is 5.94. The fourth-order valence-corrected chi connectivity index (χ4v) is 3.58. The molecule has 4 rings (SSSR count). The number of amides is 1. The number of benzene rings is 2. The van der Waals surface area contributed by atoms with E-state index in [0.29, 0.717) is 48.8 Å². The molecule has 2 heterocycles. The van der Waals surface area contributed by atoms with Gasteiger partial charge in [-0.25, -0.2) is 4.39 Å². The van der Waals surface area contributed by atoms with Crippen LogP contribution in [0.5, 0.6) is 0 Å². The van der Waals surface area contributed by atoms with Gasteiger partial charge < -0.3 is 9.80 Å². The van der Waals surface area contributed by atoms with Crippen LogP contribution in [0.1, 0.15) is 22.3 Å². The van der Waals surface area contributed by atoms with Gasteiger partial charge in [0.2, 0.25) is 0 Å². The first-order chi connectivity index (χ1) is 14.5. The average Bonchev–Trinajstić information content (AvgIpc) is 3.02. The number of carbonyl (C=O) groups excluding carboxylic acids is 1. The molecule has 0 radical (unpaired) electrons. The van der Waals surface area contributed by atoms with Gasteiger partial charge in [-0.15, -0.1) is 5.10 Å². The van der Waals surface area contributed by atoms with E-state index >= 15 is 0 Å². The predicted molar refractivity (Wildman–Crippen MR) is 114 cm³/mol. The molecule has 1 saturated heterocycles. The van der Waals surface area contributed by atoms with E-state index in [1.165, 1.54) is 16.8 Å². The summed E-state index contributed by atoms with van der Waals surface area (Å²) in [6.07, 6.45) is 0.756. The molecule has 1 aliphatic rings. The molecule has 154 valence electrons. The van der Waals surface area contributed by atoms with Crippen LogP contribution in [-0.4, -0.2) is 46.8 Å². The van der Waals surface area contributed by atoms with Gasteiger partial charge in [-0.3, -0.25) is 9.59 Å². The van der Waals surface area contributed by atoms with Crippen molar-refractivity contribution in [1.82, 2.24) is 14.7 Å². The fraction of sp³-hybridized carbons (Fsp3) is 0.261. The normalized spacial score (nSPS) is 14.5. The van der Waals surface area contributed by atoms with Gasteiger partial charge in [0.15, 0.2) is 0 Å². The molecule has 3 aromatic rings. The molecular formula is C23H23FN4O2. The van der Waals surface area contributed by atoms with E-state index in [2.05, 4.69) is 10.00 Å². The molecule has 0 bridgehead atoms. The second kappa shape index (κ2) is 8.49. The van der Waals surface area contributed by atoms with Gasteiger partial charge in [0, 0.05) is 37.8 Å². The summed E-state index contributed by atoms with van der Waals surface area (Å²) < 4.78 is 15.3. The molecule has 1 aliphatic heterocycles. The number of para-hydroxylation sites is 1. The molecule has 0 aliphatic carbocycles. The Morgan fingerprint density at radius 1 is 0.967 bits per heavy atom. The van der Waals surface area contributed by atoms with Crippen LogP contribution in [0.2, 0.25) is 0 Å². The van der Waals surface area contributed by atoms with Crippen LogP contribution in [0, 0.1) is 12.7 Å². The van der Waals surface area contributed by atoms with Gasteiger partial charge in [0.05, 0.1) is 5.69 Å². The zero-order valence-corrected chi connectivity index (χ0v) is 16.8. The van der Waals surface area contributed by atoms with Crippen LogP contribution in [0.4, 0.5) is 10.2 Å². The van der Waals surface area contributed by atoms with Crippen LogP contribution in [0.25, 0.3) is 5.69 Å². The molecule has 0 atom stereocenters. The van der Waals surface area contributed by atoms with Crippen molar-refractivity contribution in [1.29, 1.82) is 0 Å². The zero-order valence-electron chi connectivity index (χ0n) is 16.8. The molecule has 30 heavy (non-hydrogen) atoms. The van der Waals surface area contributed by atoms with Gasteiger partial charge in [-0.05, 0) is 49.2 Å². The maximum atomic E-state index is 13.9. The maximum absolute atomic E-state index is 13.9. The van der Waals surface area contributed by atoms with Crippen LogP contribution in [0.3, 0.4) is 0 Å². The Bertz CT molecular complexity index is 1110. The van der Waals surface area contributed by atoms with Crippen molar-refractivity contribution >= 4 is 11.7 Å². The van der Waals surface area contributed by atoms with Crippen LogP contribution in [0.15, 0.2) is 65.5 Å². The lowest BCUT2D eigenvalue weighted by Crippen LogP contribution is -2.36.